The second kappa shape index (κ2) is 13.9. The molecule has 1 saturated heterocycles. The Balaban J connectivity index is 0.00000480. The van der Waals surface area contributed by atoms with Crippen molar-refractivity contribution < 1.29 is 35.5 Å². The molecule has 0 bridgehead atoms. The summed E-state index contributed by atoms with van der Waals surface area (Å²) in [6.45, 7) is 3.16. The number of hydrogen-bond acceptors (Lipinski definition) is 2. The highest BCUT2D eigenvalue weighted by atomic mass is 35.5. The van der Waals surface area contributed by atoms with Gasteiger partial charge in [-0.2, -0.15) is 26.3 Å². The molecule has 2 fully saturated rings. The van der Waals surface area contributed by atoms with Gasteiger partial charge in [-0.15, -0.1) is 12.4 Å². The topological polar surface area (TPSA) is 23.6 Å². The van der Waals surface area contributed by atoms with Crippen molar-refractivity contribution in [2.75, 3.05) is 20.1 Å². The van der Waals surface area contributed by atoms with Gasteiger partial charge in [-0.05, 0) is 111 Å². The van der Waals surface area contributed by atoms with Gasteiger partial charge in [0, 0.05) is 13.1 Å². The summed E-state index contributed by atoms with van der Waals surface area (Å²) in [7, 11) is 1.61. The molecule has 1 heterocycles. The average molecular weight is 671 g/mol. The van der Waals surface area contributed by atoms with Crippen LogP contribution in [0, 0.1) is 5.82 Å². The number of carbonyl (C=O) groups is 1. The van der Waals surface area contributed by atoms with Gasteiger partial charge in [-0.25, -0.2) is 4.39 Å². The van der Waals surface area contributed by atoms with Gasteiger partial charge in [-0.1, -0.05) is 42.5 Å². The van der Waals surface area contributed by atoms with Crippen LogP contribution in [0.2, 0.25) is 0 Å². The van der Waals surface area contributed by atoms with E-state index in [4.69, 9.17) is 0 Å². The zero-order valence-electron chi connectivity index (χ0n) is 25.7. The Bertz CT molecular complexity index is 1430. The van der Waals surface area contributed by atoms with E-state index in [1.165, 1.54) is 19.1 Å². The number of hydrogen-bond donors (Lipinski definition) is 0. The second-order valence-corrected chi connectivity index (χ2v) is 12.4. The quantitative estimate of drug-likeness (QED) is 0.244. The summed E-state index contributed by atoms with van der Waals surface area (Å²) < 4.78 is 94.8. The number of nitrogens with zero attached hydrogens (tertiary/aromatic N) is 2. The minimum atomic E-state index is -5.00. The molecule has 3 nitrogen and oxygen atoms in total. The van der Waals surface area contributed by atoms with Crippen LogP contribution in [0.25, 0.3) is 0 Å². The Morgan fingerprint density at radius 2 is 1.35 bits per heavy atom. The van der Waals surface area contributed by atoms with Gasteiger partial charge in [0.05, 0.1) is 22.6 Å². The van der Waals surface area contributed by atoms with E-state index in [-0.39, 0.29) is 35.9 Å². The second-order valence-electron chi connectivity index (χ2n) is 12.4. The normalized spacial score (nSPS) is 22.2. The van der Waals surface area contributed by atoms with Crippen molar-refractivity contribution in [1.82, 2.24) is 9.80 Å². The van der Waals surface area contributed by atoms with E-state index in [0.29, 0.717) is 30.9 Å². The molecule has 1 atom stereocenters. The van der Waals surface area contributed by atoms with E-state index in [0.717, 1.165) is 49.9 Å². The molecule has 3 aromatic carbocycles. The fraction of sp³-hybridized carbons (Fsp3) is 0.457. The van der Waals surface area contributed by atoms with Gasteiger partial charge in [0.1, 0.15) is 5.82 Å². The van der Waals surface area contributed by atoms with Crippen LogP contribution in [0.4, 0.5) is 30.7 Å². The van der Waals surface area contributed by atoms with Crippen molar-refractivity contribution in [3.63, 3.8) is 0 Å². The van der Waals surface area contributed by atoms with Crippen LogP contribution in [-0.2, 0) is 22.7 Å². The number of likely N-dealkylation sites (tertiary alicyclic amines) is 1. The Kier molecular flexibility index (Phi) is 10.8. The maximum absolute atomic E-state index is 13.9. The summed E-state index contributed by atoms with van der Waals surface area (Å²) in [6.07, 6.45) is -5.31. The van der Waals surface area contributed by atoms with E-state index in [1.54, 1.807) is 11.9 Å². The zero-order valence-corrected chi connectivity index (χ0v) is 26.5. The zero-order chi connectivity index (χ0) is 32.6. The van der Waals surface area contributed by atoms with Crippen LogP contribution in [0.1, 0.15) is 85.1 Å². The van der Waals surface area contributed by atoms with Crippen molar-refractivity contribution in [3.05, 3.63) is 106 Å². The maximum Gasteiger partial charge on any atom is 0.416 e. The number of piperidine rings is 1. The highest BCUT2D eigenvalue weighted by Crippen LogP contribution is 2.45. The Morgan fingerprint density at radius 3 is 1.85 bits per heavy atom. The van der Waals surface area contributed by atoms with Gasteiger partial charge in [-0.3, -0.25) is 4.79 Å². The molecule has 1 amide bonds. The van der Waals surface area contributed by atoms with Gasteiger partial charge >= 0.3 is 12.4 Å². The molecule has 11 heteroatoms. The van der Waals surface area contributed by atoms with Gasteiger partial charge in [0.15, 0.2) is 0 Å². The molecule has 1 saturated carbocycles. The van der Waals surface area contributed by atoms with E-state index in [2.05, 4.69) is 4.90 Å². The first-order valence-electron chi connectivity index (χ1n) is 15.3. The monoisotopic (exact) mass is 670 g/mol. The van der Waals surface area contributed by atoms with Gasteiger partial charge in [0.2, 0.25) is 5.91 Å². The molecule has 0 radical (unpaired) electrons. The smallest absolute Gasteiger partial charge is 0.335 e. The Hall–Kier alpha value is -3.11. The Labute approximate surface area is 271 Å². The molecule has 2 aliphatic rings. The molecule has 250 valence electrons. The van der Waals surface area contributed by atoms with Crippen LogP contribution in [0.3, 0.4) is 0 Å². The summed E-state index contributed by atoms with van der Waals surface area (Å²) in [4.78, 5) is 18.0. The molecule has 1 aliphatic carbocycles. The molecule has 0 unspecified atom stereocenters. The third-order valence-corrected chi connectivity index (χ3v) is 9.93. The van der Waals surface area contributed by atoms with Crippen molar-refractivity contribution in [2.24, 2.45) is 0 Å². The van der Waals surface area contributed by atoms with Crippen LogP contribution < -0.4 is 0 Å². The summed E-state index contributed by atoms with van der Waals surface area (Å²) in [5.74, 6) is -1.65. The number of halogens is 8. The lowest BCUT2D eigenvalue weighted by atomic mass is 9.72. The van der Waals surface area contributed by atoms with Crippen LogP contribution >= 0.6 is 12.4 Å². The first kappa shape index (κ1) is 35.7. The predicted molar refractivity (Wildman–Crippen MR) is 165 cm³/mol. The van der Waals surface area contributed by atoms with Gasteiger partial charge < -0.3 is 9.80 Å². The maximum atomic E-state index is 13.9. The van der Waals surface area contributed by atoms with E-state index >= 15 is 0 Å². The molecule has 0 aromatic heterocycles. The first-order valence-corrected chi connectivity index (χ1v) is 15.3. The van der Waals surface area contributed by atoms with Crippen molar-refractivity contribution in [2.45, 2.75) is 81.2 Å². The van der Waals surface area contributed by atoms with Crippen LogP contribution in [-0.4, -0.2) is 41.9 Å². The number of benzene rings is 3. The molecule has 0 N–H and O–H groups in total. The standard InChI is InChI=1S/C35H37F7N2O.ClH/c1-23(26-20-28(34(37,38)39)22-29(21-26)35(40,41)42)32(45)43(2)33(27-6-4-3-5-7-27)16-12-31(13-17-33)44-18-14-25(15-19-44)24-8-10-30(36)11-9-24;/h3-11,20-23,25,31H,12-19H2,1-2H3;1H/t23-,31?,33?;/m0./s1. The van der Waals surface area contributed by atoms with E-state index in [1.807, 2.05) is 42.5 Å². The third-order valence-electron chi connectivity index (χ3n) is 9.93. The van der Waals surface area contributed by atoms with E-state index < -0.39 is 40.8 Å². The van der Waals surface area contributed by atoms with Crippen molar-refractivity contribution in [1.29, 1.82) is 0 Å². The lowest BCUT2D eigenvalue weighted by Gasteiger charge is -2.50. The van der Waals surface area contributed by atoms with Crippen molar-refractivity contribution in [3.8, 4) is 0 Å². The van der Waals surface area contributed by atoms with Gasteiger partial charge in [0.25, 0.3) is 0 Å². The highest BCUT2D eigenvalue weighted by molar-refractivity contribution is 5.85. The third kappa shape index (κ3) is 7.54. The fourth-order valence-electron chi connectivity index (χ4n) is 7.22. The lowest BCUT2D eigenvalue weighted by molar-refractivity contribution is -0.144. The van der Waals surface area contributed by atoms with Crippen LogP contribution in [0.5, 0.6) is 0 Å². The SMILES string of the molecule is C[C@H](C(=O)N(C)C1(c2ccccc2)CCC(N2CCC(c3ccc(F)cc3)CC2)CC1)c1cc(C(F)(F)F)cc(C(F)(F)F)c1.Cl. The van der Waals surface area contributed by atoms with Crippen molar-refractivity contribution >= 4 is 18.3 Å². The molecule has 1 aliphatic heterocycles. The largest absolute Gasteiger partial charge is 0.416 e. The average Bonchev–Trinajstić information content (AvgIpc) is 3.03. The summed E-state index contributed by atoms with van der Waals surface area (Å²) in [5, 5.41) is 0. The summed E-state index contributed by atoms with van der Waals surface area (Å²) in [5.41, 5.74) is -1.92. The number of carbonyl (C=O) groups excluding carboxylic acids is 1. The number of likely N-dealkylation sites (N-methyl/N-ethyl adjacent to an activating group) is 1. The molecule has 5 rings (SSSR count). The minimum absolute atomic E-state index is 0. The molecule has 0 spiro atoms. The molecular weight excluding hydrogens is 633 g/mol. The molecule has 3 aromatic rings. The predicted octanol–water partition coefficient (Wildman–Crippen LogP) is 9.56. The number of rotatable bonds is 6. The highest BCUT2D eigenvalue weighted by Gasteiger charge is 2.45. The fourth-order valence-corrected chi connectivity index (χ4v) is 7.22. The van der Waals surface area contributed by atoms with E-state index in [9.17, 15) is 35.5 Å². The molecular formula is C35H38ClF7N2O. The van der Waals surface area contributed by atoms with Crippen LogP contribution in [0.15, 0.2) is 72.8 Å². The number of alkyl halides is 6. The number of amides is 1. The first-order chi connectivity index (χ1) is 21.2. The lowest BCUT2D eigenvalue weighted by Crippen LogP contribution is -2.53. The molecule has 46 heavy (non-hydrogen) atoms. The minimum Gasteiger partial charge on any atom is -0.335 e. The summed E-state index contributed by atoms with van der Waals surface area (Å²) in [6, 6.07) is 17.8. The Morgan fingerprint density at radius 1 is 0.826 bits per heavy atom. The summed E-state index contributed by atoms with van der Waals surface area (Å²) >= 11 is 0.